The van der Waals surface area contributed by atoms with Gasteiger partial charge in [0, 0.05) is 13.8 Å². The summed E-state index contributed by atoms with van der Waals surface area (Å²) in [5, 5.41) is 10.2. The van der Waals surface area contributed by atoms with Crippen LogP contribution in [0.3, 0.4) is 0 Å². The third-order valence-corrected chi connectivity index (χ3v) is 1.44. The molecule has 0 aliphatic heterocycles. The van der Waals surface area contributed by atoms with Gasteiger partial charge in [-0.05, 0) is 14.1 Å². The van der Waals surface area contributed by atoms with E-state index in [2.05, 4.69) is 0 Å². The summed E-state index contributed by atoms with van der Waals surface area (Å²) in [6.07, 6.45) is 0. The van der Waals surface area contributed by atoms with Gasteiger partial charge in [0.05, 0.1) is 0 Å². The molecule has 0 spiro atoms. The molecule has 0 aromatic carbocycles. The number of hydrogen-bond acceptors (Lipinski definition) is 2. The van der Waals surface area contributed by atoms with Crippen LogP contribution in [0.5, 0.6) is 0 Å². The van der Waals surface area contributed by atoms with E-state index < -0.39 is 0 Å². The molecule has 0 saturated carbocycles. The first-order chi connectivity index (χ1) is 3.50. The first kappa shape index (κ1) is 7.88. The minimum absolute atomic E-state index is 0.306. The number of rotatable bonds is 2. The number of nitrogens with zero attached hydrogens (tertiary/aromatic N) is 1. The van der Waals surface area contributed by atoms with Crippen LogP contribution in [-0.4, -0.2) is 24.7 Å². The van der Waals surface area contributed by atoms with E-state index in [1.165, 1.54) is 0 Å². The van der Waals surface area contributed by atoms with Gasteiger partial charge in [-0.1, -0.05) is 0 Å². The van der Waals surface area contributed by atoms with Crippen molar-refractivity contribution < 1.29 is 5.48 Å². The van der Waals surface area contributed by atoms with Crippen molar-refractivity contribution >= 4 is 0 Å². The topological polar surface area (TPSA) is 42.9 Å². The van der Waals surface area contributed by atoms with E-state index in [-0.39, 0.29) is 5.66 Å². The average Bonchev–Trinajstić information content (AvgIpc) is 1.67. The monoisotopic (exact) mass is 118 g/mol. The Morgan fingerprint density at radius 3 is 1.75 bits per heavy atom. The summed E-state index contributed by atoms with van der Waals surface area (Å²) in [5.74, 6) is 0. The van der Waals surface area contributed by atoms with Crippen LogP contribution in [0.4, 0.5) is 0 Å². The molecule has 0 aromatic rings. The summed E-state index contributed by atoms with van der Waals surface area (Å²) in [6, 6.07) is 0. The Morgan fingerprint density at radius 1 is 1.38 bits per heavy atom. The van der Waals surface area contributed by atoms with Crippen LogP contribution >= 0.6 is 0 Å². The maximum Gasteiger partial charge on any atom is 0.145 e. The third kappa shape index (κ3) is 1.78. The molecule has 0 rings (SSSR count). The van der Waals surface area contributed by atoms with Gasteiger partial charge in [-0.3, -0.25) is 4.90 Å². The second-order valence-corrected chi connectivity index (χ2v) is 2.67. The van der Waals surface area contributed by atoms with Gasteiger partial charge in [-0.15, -0.1) is 0 Å². The molecular formula is C5H14N2O. The lowest BCUT2D eigenvalue weighted by atomic mass is 10.2. The highest BCUT2D eigenvalue weighted by atomic mass is 16.5. The molecule has 3 nitrogen and oxygen atoms in total. The smallest absolute Gasteiger partial charge is 0.145 e. The Bertz CT molecular complexity index is 70.8. The van der Waals surface area contributed by atoms with Gasteiger partial charge in [-0.25, -0.2) is 0 Å². The molecule has 0 aliphatic carbocycles. The van der Waals surface area contributed by atoms with Crippen molar-refractivity contribution in [3.63, 3.8) is 0 Å². The van der Waals surface area contributed by atoms with E-state index in [1.54, 1.807) is 0 Å². The molecule has 0 fully saturated rings. The molecule has 0 saturated heterocycles. The molecule has 0 aliphatic rings. The van der Waals surface area contributed by atoms with Crippen molar-refractivity contribution in [2.75, 3.05) is 14.1 Å². The number of hydrogen-bond donors (Lipinski definition) is 1. The lowest BCUT2D eigenvalue weighted by Gasteiger charge is -2.31. The van der Waals surface area contributed by atoms with E-state index >= 15 is 0 Å². The van der Waals surface area contributed by atoms with Crippen molar-refractivity contribution in [3.8, 4) is 0 Å². The van der Waals surface area contributed by atoms with Crippen molar-refractivity contribution in [2.24, 2.45) is 0 Å². The largest absolute Gasteiger partial charge is 0.634 e. The number of quaternary nitrogens is 1. The van der Waals surface area contributed by atoms with Crippen LogP contribution in [0.1, 0.15) is 13.8 Å². The van der Waals surface area contributed by atoms with Gasteiger partial charge in [0.2, 0.25) is 0 Å². The van der Waals surface area contributed by atoms with Crippen molar-refractivity contribution in [1.29, 1.82) is 0 Å². The predicted octanol–water partition coefficient (Wildman–Crippen LogP) is -0.655. The van der Waals surface area contributed by atoms with Crippen LogP contribution in [0, 0.1) is 5.21 Å². The van der Waals surface area contributed by atoms with Crippen LogP contribution < -0.4 is 5.48 Å². The Kier molecular flexibility index (Phi) is 2.40. The zero-order chi connectivity index (χ0) is 6.78. The molecular weight excluding hydrogens is 104 g/mol. The quantitative estimate of drug-likeness (QED) is 0.386. The Labute approximate surface area is 50.3 Å². The molecule has 2 N–H and O–H groups in total. The van der Waals surface area contributed by atoms with Gasteiger partial charge in [0.1, 0.15) is 5.66 Å². The maximum absolute atomic E-state index is 10.2. The zero-order valence-electron chi connectivity index (χ0n) is 5.93. The van der Waals surface area contributed by atoms with Gasteiger partial charge >= 0.3 is 0 Å². The first-order valence-corrected chi connectivity index (χ1v) is 2.64. The predicted molar refractivity (Wildman–Crippen MR) is 33.1 cm³/mol. The SMILES string of the molecule is CN(C)C(C)(C)[NH2+][O-]. The molecule has 3 heteroatoms. The summed E-state index contributed by atoms with van der Waals surface area (Å²) < 4.78 is 0. The number of nitrogens with two attached hydrogens (primary N) is 1. The minimum Gasteiger partial charge on any atom is -0.634 e. The molecule has 50 valence electrons. The lowest BCUT2D eigenvalue weighted by molar-refractivity contribution is -0.685. The van der Waals surface area contributed by atoms with Gasteiger partial charge < -0.3 is 10.7 Å². The van der Waals surface area contributed by atoms with Crippen LogP contribution in [0.25, 0.3) is 0 Å². The molecule has 0 aromatic heterocycles. The van der Waals surface area contributed by atoms with E-state index in [9.17, 15) is 5.21 Å². The summed E-state index contributed by atoms with van der Waals surface area (Å²) in [5.41, 5.74) is 0.632. The fourth-order valence-corrected chi connectivity index (χ4v) is 0.105. The standard InChI is InChI=1S/C5H14N2O/c1-5(2,6-8)7(3)4/h6H2,1-4H3. The van der Waals surface area contributed by atoms with E-state index in [4.69, 9.17) is 0 Å². The molecule has 0 unspecified atom stereocenters. The normalized spacial score (nSPS) is 12.8. The maximum atomic E-state index is 10.2. The zero-order valence-corrected chi connectivity index (χ0v) is 5.93. The van der Waals surface area contributed by atoms with E-state index in [0.29, 0.717) is 0 Å². The van der Waals surface area contributed by atoms with E-state index in [1.807, 2.05) is 32.8 Å². The minimum atomic E-state index is -0.306. The molecule has 0 bridgehead atoms. The molecule has 0 atom stereocenters. The second-order valence-electron chi connectivity index (χ2n) is 2.67. The second kappa shape index (κ2) is 2.44. The van der Waals surface area contributed by atoms with Crippen molar-refractivity contribution in [1.82, 2.24) is 4.90 Å². The highest BCUT2D eigenvalue weighted by Gasteiger charge is 2.18. The summed E-state index contributed by atoms with van der Waals surface area (Å²) in [7, 11) is 3.77. The van der Waals surface area contributed by atoms with Gasteiger partial charge in [-0.2, -0.15) is 0 Å². The summed E-state index contributed by atoms with van der Waals surface area (Å²) in [4.78, 5) is 1.88. The molecule has 0 amide bonds. The Hall–Kier alpha value is -0.120. The fourth-order valence-electron chi connectivity index (χ4n) is 0.105. The van der Waals surface area contributed by atoms with Crippen LogP contribution in [0.15, 0.2) is 0 Å². The van der Waals surface area contributed by atoms with Gasteiger partial charge in [0.15, 0.2) is 0 Å². The first-order valence-electron chi connectivity index (χ1n) is 2.64. The number of hydroxylamine groups is 1. The highest BCUT2D eigenvalue weighted by molar-refractivity contribution is 4.58. The Balaban J connectivity index is 3.71. The molecule has 0 heterocycles. The van der Waals surface area contributed by atoms with Crippen LogP contribution in [-0.2, 0) is 0 Å². The molecule has 0 radical (unpaired) electrons. The summed E-state index contributed by atoms with van der Waals surface area (Å²) in [6.45, 7) is 3.75. The Morgan fingerprint density at radius 2 is 1.75 bits per heavy atom. The average molecular weight is 118 g/mol. The molecule has 8 heavy (non-hydrogen) atoms. The van der Waals surface area contributed by atoms with Crippen molar-refractivity contribution in [2.45, 2.75) is 19.5 Å². The fraction of sp³-hybridized carbons (Fsp3) is 1.00. The summed E-state index contributed by atoms with van der Waals surface area (Å²) >= 11 is 0. The third-order valence-electron chi connectivity index (χ3n) is 1.44. The van der Waals surface area contributed by atoms with E-state index in [0.717, 1.165) is 5.48 Å². The van der Waals surface area contributed by atoms with Crippen molar-refractivity contribution in [3.05, 3.63) is 5.21 Å². The van der Waals surface area contributed by atoms with Crippen LogP contribution in [0.2, 0.25) is 0 Å². The van der Waals surface area contributed by atoms with Gasteiger partial charge in [0.25, 0.3) is 0 Å². The lowest BCUT2D eigenvalue weighted by Crippen LogP contribution is -2.93. The highest BCUT2D eigenvalue weighted by Crippen LogP contribution is 1.95.